The van der Waals surface area contributed by atoms with Crippen molar-refractivity contribution in [1.82, 2.24) is 4.90 Å². The Morgan fingerprint density at radius 3 is 2.38 bits per heavy atom. The van der Waals surface area contributed by atoms with Crippen molar-refractivity contribution >= 4 is 28.8 Å². The van der Waals surface area contributed by atoms with E-state index in [0.717, 1.165) is 50.3 Å². The molecule has 0 bridgehead atoms. The highest BCUT2D eigenvalue weighted by atomic mass is 32.2. The van der Waals surface area contributed by atoms with Crippen molar-refractivity contribution in [3.05, 3.63) is 37.4 Å². The Bertz CT molecular complexity index is 776. The van der Waals surface area contributed by atoms with Crippen molar-refractivity contribution in [3.8, 4) is 0 Å². The maximum atomic E-state index is 11.8. The Kier molecular flexibility index (Phi) is 6.97. The van der Waals surface area contributed by atoms with Gasteiger partial charge in [0.1, 0.15) is 0 Å². The summed E-state index contributed by atoms with van der Waals surface area (Å²) in [5.74, 6) is 2.12. The summed E-state index contributed by atoms with van der Waals surface area (Å²) in [4.78, 5) is 24.7. The van der Waals surface area contributed by atoms with E-state index >= 15 is 0 Å². The zero-order chi connectivity index (χ0) is 21.0. The van der Waals surface area contributed by atoms with Gasteiger partial charge < -0.3 is 10.4 Å². The van der Waals surface area contributed by atoms with Crippen LogP contribution in [0.15, 0.2) is 6.07 Å². The molecule has 29 heavy (non-hydrogen) atoms. The van der Waals surface area contributed by atoms with E-state index in [0.29, 0.717) is 6.54 Å². The number of benzene rings is 1. The Morgan fingerprint density at radius 1 is 1.17 bits per heavy atom. The number of nitrogens with one attached hydrogen (secondary N) is 1. The van der Waals surface area contributed by atoms with Gasteiger partial charge in [0.2, 0.25) is 0 Å². The highest BCUT2D eigenvalue weighted by Crippen LogP contribution is 2.41. The molecule has 2 N–H and O–H groups in total. The third-order valence-corrected chi connectivity index (χ3v) is 7.19. The smallest absolute Gasteiger partial charge is 0.302 e. The molecule has 1 saturated carbocycles. The number of aliphatic hydroxyl groups excluding tert-OH is 1. The zero-order valence-corrected chi connectivity index (χ0v) is 17.5. The van der Waals surface area contributed by atoms with Crippen LogP contribution in [0.2, 0.25) is 0 Å². The first-order chi connectivity index (χ1) is 13.9. The number of anilines is 1. The summed E-state index contributed by atoms with van der Waals surface area (Å²) in [6, 6.07) is 1.25. The minimum Gasteiger partial charge on any atom is -0.392 e. The number of thioether (sulfide) groups is 1. The second kappa shape index (κ2) is 9.27. The van der Waals surface area contributed by atoms with Crippen molar-refractivity contribution in [2.24, 2.45) is 0 Å². The fraction of sp³-hybridized carbons (Fsp3) is 0.684. The van der Waals surface area contributed by atoms with Crippen LogP contribution in [-0.4, -0.2) is 56.5 Å². The standard InChI is InChI=1S/C19H28N4O5S/c1-14-15(12-24)11-16(22(25)26)17(18(14)23(27)28)20-13-19(5-3-2-4-6-19)21-7-9-29-10-8-21/h11,20,24H,2-10,12-13H2,1H3. The van der Waals surface area contributed by atoms with E-state index in [-0.39, 0.29) is 33.7 Å². The maximum Gasteiger partial charge on any atom is 0.302 e. The average molecular weight is 425 g/mol. The second-order valence-corrected chi connectivity index (χ2v) is 9.04. The average Bonchev–Trinajstić information content (AvgIpc) is 2.73. The minimum atomic E-state index is -0.612. The molecule has 10 heteroatoms. The summed E-state index contributed by atoms with van der Waals surface area (Å²) in [7, 11) is 0. The van der Waals surface area contributed by atoms with Gasteiger partial charge in [-0.15, -0.1) is 0 Å². The lowest BCUT2D eigenvalue weighted by Crippen LogP contribution is -2.57. The summed E-state index contributed by atoms with van der Waals surface area (Å²) in [5, 5.41) is 36.0. The van der Waals surface area contributed by atoms with Gasteiger partial charge >= 0.3 is 5.69 Å². The van der Waals surface area contributed by atoms with Crippen LogP contribution >= 0.6 is 11.8 Å². The van der Waals surface area contributed by atoms with Gasteiger partial charge in [-0.05, 0) is 25.3 Å². The van der Waals surface area contributed by atoms with Gasteiger partial charge in [-0.25, -0.2) is 0 Å². The quantitative estimate of drug-likeness (QED) is 0.504. The normalized spacial score (nSPS) is 19.7. The van der Waals surface area contributed by atoms with Gasteiger partial charge in [-0.1, -0.05) is 19.3 Å². The van der Waals surface area contributed by atoms with Crippen LogP contribution in [0.5, 0.6) is 0 Å². The van der Waals surface area contributed by atoms with Crippen LogP contribution in [0.25, 0.3) is 0 Å². The van der Waals surface area contributed by atoms with E-state index in [1.807, 2.05) is 11.8 Å². The van der Waals surface area contributed by atoms with Crippen molar-refractivity contribution in [2.75, 3.05) is 36.5 Å². The monoisotopic (exact) mass is 424 g/mol. The van der Waals surface area contributed by atoms with Crippen LogP contribution in [0.1, 0.15) is 43.2 Å². The molecule has 2 aliphatic rings. The van der Waals surface area contributed by atoms with Gasteiger partial charge in [0.25, 0.3) is 5.69 Å². The first kappa shape index (κ1) is 21.8. The number of aliphatic hydroxyl groups is 1. The van der Waals surface area contributed by atoms with Gasteiger partial charge in [-0.3, -0.25) is 25.1 Å². The molecule has 9 nitrogen and oxygen atoms in total. The molecule has 160 valence electrons. The number of nitro benzene ring substituents is 2. The third-order valence-electron chi connectivity index (χ3n) is 6.25. The van der Waals surface area contributed by atoms with Gasteiger partial charge in [-0.2, -0.15) is 11.8 Å². The largest absolute Gasteiger partial charge is 0.392 e. The Morgan fingerprint density at radius 2 is 1.83 bits per heavy atom. The highest BCUT2D eigenvalue weighted by molar-refractivity contribution is 7.99. The molecule has 1 saturated heterocycles. The molecule has 2 fully saturated rings. The molecule has 1 heterocycles. The first-order valence-electron chi connectivity index (χ1n) is 10.0. The predicted octanol–water partition coefficient (Wildman–Crippen LogP) is 3.47. The van der Waals surface area contributed by atoms with E-state index in [4.69, 9.17) is 0 Å². The molecular formula is C19H28N4O5S. The summed E-state index contributed by atoms with van der Waals surface area (Å²) in [6.45, 7) is 3.43. The molecule has 1 aliphatic heterocycles. The van der Waals surface area contributed by atoms with E-state index < -0.39 is 16.5 Å². The summed E-state index contributed by atoms with van der Waals surface area (Å²) in [6.07, 6.45) is 5.34. The van der Waals surface area contributed by atoms with E-state index in [2.05, 4.69) is 10.2 Å². The molecule has 0 aromatic heterocycles. The van der Waals surface area contributed by atoms with E-state index in [1.165, 1.54) is 19.4 Å². The Balaban J connectivity index is 1.98. The highest BCUT2D eigenvalue weighted by Gasteiger charge is 2.40. The fourth-order valence-corrected chi connectivity index (χ4v) is 5.53. The van der Waals surface area contributed by atoms with Gasteiger partial charge in [0.05, 0.1) is 16.5 Å². The lowest BCUT2D eigenvalue weighted by Gasteiger charge is -2.48. The molecule has 0 atom stereocenters. The molecule has 1 aliphatic carbocycles. The molecule has 1 aromatic carbocycles. The topological polar surface area (TPSA) is 122 Å². The Hall–Kier alpha value is -1.91. The van der Waals surface area contributed by atoms with Crippen LogP contribution in [0.3, 0.4) is 0 Å². The van der Waals surface area contributed by atoms with Crippen molar-refractivity contribution < 1.29 is 15.0 Å². The van der Waals surface area contributed by atoms with E-state index in [1.54, 1.807) is 0 Å². The molecule has 0 spiro atoms. The molecule has 0 radical (unpaired) electrons. The van der Waals surface area contributed by atoms with Crippen molar-refractivity contribution in [3.63, 3.8) is 0 Å². The van der Waals surface area contributed by atoms with Gasteiger partial charge in [0.15, 0.2) is 5.69 Å². The number of rotatable bonds is 7. The predicted molar refractivity (Wildman–Crippen MR) is 114 cm³/mol. The van der Waals surface area contributed by atoms with Crippen molar-refractivity contribution in [2.45, 2.75) is 51.2 Å². The third kappa shape index (κ3) is 4.49. The summed E-state index contributed by atoms with van der Waals surface area (Å²) >= 11 is 1.93. The van der Waals surface area contributed by atoms with Crippen LogP contribution in [-0.2, 0) is 6.61 Å². The fourth-order valence-electron chi connectivity index (χ4n) is 4.62. The lowest BCUT2D eigenvalue weighted by molar-refractivity contribution is -0.392. The number of hydrogen-bond donors (Lipinski definition) is 2. The van der Waals surface area contributed by atoms with Crippen molar-refractivity contribution in [1.29, 1.82) is 0 Å². The summed E-state index contributed by atoms with van der Waals surface area (Å²) in [5.41, 5.74) is -0.391. The lowest BCUT2D eigenvalue weighted by atomic mass is 9.79. The molecular weight excluding hydrogens is 396 g/mol. The number of nitro groups is 2. The Labute approximate surface area is 174 Å². The second-order valence-electron chi connectivity index (χ2n) is 7.81. The van der Waals surface area contributed by atoms with Crippen LogP contribution in [0, 0.1) is 27.2 Å². The van der Waals surface area contributed by atoms with Gasteiger partial charge in [0, 0.05) is 48.3 Å². The van der Waals surface area contributed by atoms with Crippen LogP contribution < -0.4 is 5.32 Å². The zero-order valence-electron chi connectivity index (χ0n) is 16.7. The SMILES string of the molecule is Cc1c(CO)cc([N+](=O)[O-])c(NCC2(N3CCSCC3)CCCCC2)c1[N+](=O)[O-]. The molecule has 0 amide bonds. The summed E-state index contributed by atoms with van der Waals surface area (Å²) < 4.78 is 0. The molecule has 3 rings (SSSR count). The number of nitrogens with zero attached hydrogens (tertiary/aromatic N) is 3. The molecule has 0 unspecified atom stereocenters. The number of hydrogen-bond acceptors (Lipinski definition) is 8. The maximum absolute atomic E-state index is 11.8. The van der Waals surface area contributed by atoms with Crippen LogP contribution in [0.4, 0.5) is 17.1 Å². The first-order valence-corrected chi connectivity index (χ1v) is 11.2. The van der Waals surface area contributed by atoms with E-state index in [9.17, 15) is 25.3 Å². The minimum absolute atomic E-state index is 0.0500. The molecule has 1 aromatic rings.